The monoisotopic (exact) mass is 308 g/mol. The normalized spacial score (nSPS) is 12.5. The van der Waals surface area contributed by atoms with E-state index in [1.165, 1.54) is 0 Å². The van der Waals surface area contributed by atoms with E-state index < -0.39 is 0 Å². The molecule has 0 bridgehead atoms. The Morgan fingerprint density at radius 3 is 2.24 bits per heavy atom. The van der Waals surface area contributed by atoms with Gasteiger partial charge in [-0.1, -0.05) is 44.5 Å². The fourth-order valence-electron chi connectivity index (χ4n) is 2.50. The minimum Gasteiger partial charge on any atom is -0.333 e. The molecular weight excluding hydrogens is 284 g/mol. The molecule has 1 rings (SSSR count). The lowest BCUT2D eigenvalue weighted by atomic mass is 9.82. The first-order chi connectivity index (χ1) is 9.57. The van der Waals surface area contributed by atoms with E-state index in [-0.39, 0.29) is 17.0 Å². The predicted octanol–water partition coefficient (Wildman–Crippen LogP) is 4.82. The van der Waals surface area contributed by atoms with E-state index in [1.54, 1.807) is 6.20 Å². The van der Waals surface area contributed by atoms with Crippen molar-refractivity contribution in [1.29, 1.82) is 0 Å². The number of carbonyl (C=O) groups is 1. The van der Waals surface area contributed by atoms with Crippen molar-refractivity contribution in [2.45, 2.75) is 46.6 Å². The Hall–Kier alpha value is -1.48. The number of rotatable bonds is 4. The highest BCUT2D eigenvalue weighted by atomic mass is 35.5. The molecule has 1 aromatic rings. The largest absolute Gasteiger partial charge is 0.333 e. The molecule has 0 aliphatic heterocycles. The van der Waals surface area contributed by atoms with E-state index in [1.807, 2.05) is 44.2 Å². The summed E-state index contributed by atoms with van der Waals surface area (Å²) in [6.07, 6.45) is 4.35. The Bertz CT molecular complexity index is 499. The Balaban J connectivity index is 2.48. The molecule has 0 saturated carbocycles. The highest BCUT2D eigenvalue weighted by Crippen LogP contribution is 2.26. The van der Waals surface area contributed by atoms with Gasteiger partial charge in [-0.05, 0) is 49.5 Å². The van der Waals surface area contributed by atoms with Crippen LogP contribution >= 0.6 is 11.6 Å². The molecule has 0 atom stereocenters. The number of nitrogens with one attached hydrogen (secondary N) is 2. The summed E-state index contributed by atoms with van der Waals surface area (Å²) in [7, 11) is 0. The van der Waals surface area contributed by atoms with Crippen LogP contribution in [0.1, 0.15) is 46.6 Å². The number of halogens is 1. The van der Waals surface area contributed by atoms with E-state index in [2.05, 4.69) is 31.4 Å². The predicted molar refractivity (Wildman–Crippen MR) is 90.3 cm³/mol. The van der Waals surface area contributed by atoms with Crippen LogP contribution in [-0.2, 0) is 0 Å². The van der Waals surface area contributed by atoms with Gasteiger partial charge in [-0.25, -0.2) is 4.79 Å². The fraction of sp³-hybridized carbons (Fsp3) is 0.471. The molecule has 0 heterocycles. The van der Waals surface area contributed by atoms with Gasteiger partial charge in [0.2, 0.25) is 0 Å². The first-order valence-electron chi connectivity index (χ1n) is 7.08. The molecule has 116 valence electrons. The van der Waals surface area contributed by atoms with Crippen molar-refractivity contribution < 1.29 is 4.79 Å². The molecule has 3 nitrogen and oxygen atoms in total. The molecule has 0 spiro atoms. The zero-order valence-corrected chi connectivity index (χ0v) is 14.2. The molecule has 21 heavy (non-hydrogen) atoms. The highest BCUT2D eigenvalue weighted by molar-refractivity contribution is 6.30. The maximum Gasteiger partial charge on any atom is 0.319 e. The third kappa shape index (κ3) is 7.76. The summed E-state index contributed by atoms with van der Waals surface area (Å²) < 4.78 is 0. The van der Waals surface area contributed by atoms with Gasteiger partial charge in [-0.15, -0.1) is 0 Å². The summed E-state index contributed by atoms with van der Waals surface area (Å²) in [6.45, 7) is 10.5. The lowest BCUT2D eigenvalue weighted by Gasteiger charge is -2.33. The minimum absolute atomic E-state index is 0.163. The average molecular weight is 309 g/mol. The molecule has 0 aromatic heterocycles. The quantitative estimate of drug-likeness (QED) is 0.822. The van der Waals surface area contributed by atoms with Crippen molar-refractivity contribution >= 4 is 23.7 Å². The Kier molecular flexibility index (Phi) is 5.85. The molecule has 0 unspecified atom stereocenters. The van der Waals surface area contributed by atoms with Crippen molar-refractivity contribution in [2.75, 3.05) is 0 Å². The van der Waals surface area contributed by atoms with Crippen LogP contribution in [0.2, 0.25) is 5.02 Å². The summed E-state index contributed by atoms with van der Waals surface area (Å²) in [5.41, 5.74) is 0.889. The first kappa shape index (κ1) is 17.6. The van der Waals surface area contributed by atoms with E-state index in [4.69, 9.17) is 11.6 Å². The second kappa shape index (κ2) is 6.99. The van der Waals surface area contributed by atoms with Crippen LogP contribution in [0.25, 0.3) is 6.08 Å². The third-order valence-corrected chi connectivity index (χ3v) is 3.04. The van der Waals surface area contributed by atoms with E-state index >= 15 is 0 Å². The summed E-state index contributed by atoms with van der Waals surface area (Å²) in [6, 6.07) is 7.21. The molecule has 2 amide bonds. The Morgan fingerprint density at radius 1 is 1.14 bits per heavy atom. The van der Waals surface area contributed by atoms with E-state index in [0.29, 0.717) is 5.02 Å². The van der Waals surface area contributed by atoms with E-state index in [9.17, 15) is 4.79 Å². The number of benzene rings is 1. The molecule has 2 N–H and O–H groups in total. The lowest BCUT2D eigenvalue weighted by Crippen LogP contribution is -2.48. The zero-order valence-electron chi connectivity index (χ0n) is 13.5. The van der Waals surface area contributed by atoms with Crippen LogP contribution in [0.4, 0.5) is 4.79 Å². The number of amides is 2. The summed E-state index contributed by atoms with van der Waals surface area (Å²) in [4.78, 5) is 11.9. The van der Waals surface area contributed by atoms with Gasteiger partial charge < -0.3 is 10.6 Å². The lowest BCUT2D eigenvalue weighted by molar-refractivity contribution is 0.213. The van der Waals surface area contributed by atoms with Crippen molar-refractivity contribution in [1.82, 2.24) is 10.6 Å². The topological polar surface area (TPSA) is 41.1 Å². The number of urea groups is 1. The van der Waals surface area contributed by atoms with Gasteiger partial charge in [-0.3, -0.25) is 0 Å². The summed E-state index contributed by atoms with van der Waals surface area (Å²) in [5, 5.41) is 6.41. The number of hydrogen-bond donors (Lipinski definition) is 2. The van der Waals surface area contributed by atoms with Crippen molar-refractivity contribution in [3.63, 3.8) is 0 Å². The van der Waals surface area contributed by atoms with Gasteiger partial charge >= 0.3 is 6.03 Å². The maximum atomic E-state index is 11.9. The number of hydrogen-bond acceptors (Lipinski definition) is 1. The molecule has 0 aliphatic carbocycles. The molecule has 0 radical (unpaired) electrons. The van der Waals surface area contributed by atoms with Crippen LogP contribution in [0.5, 0.6) is 0 Å². The second-order valence-corrected chi connectivity index (χ2v) is 7.54. The molecule has 4 heteroatoms. The fourth-order valence-corrected chi connectivity index (χ4v) is 2.63. The van der Waals surface area contributed by atoms with Gasteiger partial charge in [-0.2, -0.15) is 0 Å². The molecule has 0 saturated heterocycles. The smallest absolute Gasteiger partial charge is 0.319 e. The summed E-state index contributed by atoms with van der Waals surface area (Å²) in [5.74, 6) is 0. The van der Waals surface area contributed by atoms with Crippen molar-refractivity contribution in [3.8, 4) is 0 Å². The van der Waals surface area contributed by atoms with Crippen LogP contribution in [0.15, 0.2) is 30.5 Å². The minimum atomic E-state index is -0.254. The van der Waals surface area contributed by atoms with Gasteiger partial charge in [0.25, 0.3) is 0 Å². The molecular formula is C17H25ClN2O. The van der Waals surface area contributed by atoms with Crippen LogP contribution < -0.4 is 10.6 Å². The van der Waals surface area contributed by atoms with Crippen LogP contribution in [0.3, 0.4) is 0 Å². The third-order valence-electron chi connectivity index (χ3n) is 2.78. The first-order valence-corrected chi connectivity index (χ1v) is 7.46. The van der Waals surface area contributed by atoms with Gasteiger partial charge in [0.05, 0.1) is 0 Å². The van der Waals surface area contributed by atoms with Crippen LogP contribution in [0, 0.1) is 5.41 Å². The summed E-state index contributed by atoms with van der Waals surface area (Å²) >= 11 is 5.82. The second-order valence-electron chi connectivity index (χ2n) is 7.10. The van der Waals surface area contributed by atoms with Gasteiger partial charge in [0.1, 0.15) is 0 Å². The highest BCUT2D eigenvalue weighted by Gasteiger charge is 2.26. The van der Waals surface area contributed by atoms with Crippen molar-refractivity contribution in [2.24, 2.45) is 5.41 Å². The average Bonchev–Trinajstić information content (AvgIpc) is 2.27. The molecule has 0 fully saturated rings. The molecule has 1 aromatic carbocycles. The van der Waals surface area contributed by atoms with Crippen LogP contribution in [-0.4, -0.2) is 11.6 Å². The van der Waals surface area contributed by atoms with Crippen molar-refractivity contribution in [3.05, 3.63) is 41.1 Å². The van der Waals surface area contributed by atoms with Gasteiger partial charge in [0, 0.05) is 16.8 Å². The van der Waals surface area contributed by atoms with Gasteiger partial charge in [0.15, 0.2) is 0 Å². The SMILES string of the molecule is CC(C)(C)CC(C)(C)NC(=O)N/C=C/c1ccc(Cl)cc1. The zero-order chi connectivity index (χ0) is 16.1. The standard InChI is InChI=1S/C17H25ClN2O/c1-16(2,3)12-17(4,5)20-15(21)19-11-10-13-6-8-14(18)9-7-13/h6-11H,12H2,1-5H3,(H2,19,20,21)/b11-10+. The number of carbonyl (C=O) groups excluding carboxylic acids is 1. The molecule has 0 aliphatic rings. The Morgan fingerprint density at radius 2 is 1.71 bits per heavy atom. The van der Waals surface area contributed by atoms with E-state index in [0.717, 1.165) is 12.0 Å². The Labute approximate surface area is 132 Å². The maximum absolute atomic E-state index is 11.9.